The van der Waals surface area contributed by atoms with Gasteiger partial charge in [-0.3, -0.25) is 4.68 Å². The number of nitrogens with zero attached hydrogens (tertiary/aromatic N) is 2. The molecule has 2 N–H and O–H groups in total. The van der Waals surface area contributed by atoms with Gasteiger partial charge in [0.2, 0.25) is 10.0 Å². The van der Waals surface area contributed by atoms with Gasteiger partial charge in [0, 0.05) is 36.9 Å². The van der Waals surface area contributed by atoms with Crippen molar-refractivity contribution in [1.82, 2.24) is 19.8 Å². The SMILES string of the molecule is CCn1cc(CNCC(C)(C)NS(C)(=O)=O)cn1. The van der Waals surface area contributed by atoms with E-state index in [2.05, 4.69) is 15.1 Å². The Balaban J connectivity index is 2.41. The van der Waals surface area contributed by atoms with Crippen LogP contribution in [-0.2, 0) is 23.1 Å². The summed E-state index contributed by atoms with van der Waals surface area (Å²) in [6, 6.07) is 0. The van der Waals surface area contributed by atoms with Gasteiger partial charge in [0.05, 0.1) is 12.5 Å². The molecule has 0 unspecified atom stereocenters. The van der Waals surface area contributed by atoms with E-state index in [1.807, 2.05) is 37.8 Å². The summed E-state index contributed by atoms with van der Waals surface area (Å²) in [6.45, 7) is 7.80. The van der Waals surface area contributed by atoms with Gasteiger partial charge >= 0.3 is 0 Å². The minimum absolute atomic E-state index is 0.506. The quantitative estimate of drug-likeness (QED) is 0.751. The fraction of sp³-hybridized carbons (Fsp3) is 0.727. The van der Waals surface area contributed by atoms with E-state index < -0.39 is 15.6 Å². The predicted molar refractivity (Wildman–Crippen MR) is 71.7 cm³/mol. The zero-order chi connectivity index (χ0) is 13.8. The van der Waals surface area contributed by atoms with Crippen molar-refractivity contribution >= 4 is 10.0 Å². The molecular weight excluding hydrogens is 252 g/mol. The van der Waals surface area contributed by atoms with Crippen LogP contribution in [0.1, 0.15) is 26.3 Å². The fourth-order valence-electron chi connectivity index (χ4n) is 1.73. The Morgan fingerprint density at radius 3 is 2.61 bits per heavy atom. The van der Waals surface area contributed by atoms with Crippen molar-refractivity contribution in [3.05, 3.63) is 18.0 Å². The van der Waals surface area contributed by atoms with Gasteiger partial charge in [0.15, 0.2) is 0 Å². The van der Waals surface area contributed by atoms with Crippen LogP contribution in [0, 0.1) is 0 Å². The van der Waals surface area contributed by atoms with E-state index >= 15 is 0 Å². The second kappa shape index (κ2) is 5.81. The summed E-state index contributed by atoms with van der Waals surface area (Å²) >= 11 is 0. The Morgan fingerprint density at radius 2 is 2.11 bits per heavy atom. The average molecular weight is 274 g/mol. The third-order valence-corrected chi connectivity index (χ3v) is 3.29. The normalized spacial score (nSPS) is 12.9. The highest BCUT2D eigenvalue weighted by Gasteiger charge is 2.21. The van der Waals surface area contributed by atoms with Gasteiger partial charge in [0.25, 0.3) is 0 Å². The Morgan fingerprint density at radius 1 is 1.44 bits per heavy atom. The van der Waals surface area contributed by atoms with Crippen LogP contribution < -0.4 is 10.0 Å². The van der Waals surface area contributed by atoms with Crippen molar-refractivity contribution in [3.63, 3.8) is 0 Å². The summed E-state index contributed by atoms with van der Waals surface area (Å²) in [7, 11) is -3.18. The van der Waals surface area contributed by atoms with E-state index in [-0.39, 0.29) is 0 Å². The molecule has 6 nitrogen and oxygen atoms in total. The topological polar surface area (TPSA) is 76.0 Å². The van der Waals surface area contributed by atoms with E-state index in [1.54, 1.807) is 0 Å². The molecular formula is C11H22N4O2S. The average Bonchev–Trinajstić information content (AvgIpc) is 2.61. The predicted octanol–water partition coefficient (Wildman–Crippen LogP) is 0.320. The molecule has 0 fully saturated rings. The summed E-state index contributed by atoms with van der Waals surface area (Å²) < 4.78 is 26.8. The molecule has 1 aromatic rings. The van der Waals surface area contributed by atoms with Crippen LogP contribution in [0.15, 0.2) is 12.4 Å². The van der Waals surface area contributed by atoms with Gasteiger partial charge < -0.3 is 5.32 Å². The molecule has 1 heterocycles. The van der Waals surface area contributed by atoms with E-state index in [4.69, 9.17) is 0 Å². The maximum Gasteiger partial charge on any atom is 0.209 e. The highest BCUT2D eigenvalue weighted by molar-refractivity contribution is 7.88. The first-order valence-corrected chi connectivity index (χ1v) is 7.82. The summed E-state index contributed by atoms with van der Waals surface area (Å²) in [5, 5.41) is 7.40. The Bertz CT molecular complexity index is 479. The summed E-state index contributed by atoms with van der Waals surface area (Å²) in [4.78, 5) is 0. The molecule has 0 bridgehead atoms. The van der Waals surface area contributed by atoms with Crippen LogP contribution in [0.4, 0.5) is 0 Å². The Hall–Kier alpha value is -0.920. The van der Waals surface area contributed by atoms with Gasteiger partial charge in [-0.15, -0.1) is 0 Å². The molecule has 0 aliphatic carbocycles. The first kappa shape index (κ1) is 15.1. The van der Waals surface area contributed by atoms with Crippen LogP contribution in [0.5, 0.6) is 0 Å². The van der Waals surface area contributed by atoms with Crippen molar-refractivity contribution in [2.75, 3.05) is 12.8 Å². The summed E-state index contributed by atoms with van der Waals surface area (Å²) in [5.74, 6) is 0. The van der Waals surface area contributed by atoms with Crippen molar-refractivity contribution in [2.45, 2.75) is 39.4 Å². The van der Waals surface area contributed by atoms with Crippen LogP contribution in [0.25, 0.3) is 0 Å². The molecule has 7 heteroatoms. The van der Waals surface area contributed by atoms with Crippen LogP contribution >= 0.6 is 0 Å². The zero-order valence-corrected chi connectivity index (χ0v) is 12.2. The number of hydrogen-bond acceptors (Lipinski definition) is 4. The molecule has 0 saturated heterocycles. The van der Waals surface area contributed by atoms with Gasteiger partial charge in [-0.1, -0.05) is 0 Å². The monoisotopic (exact) mass is 274 g/mol. The number of aromatic nitrogens is 2. The highest BCUT2D eigenvalue weighted by atomic mass is 32.2. The molecule has 0 aliphatic rings. The fourth-order valence-corrected chi connectivity index (χ4v) is 2.80. The zero-order valence-electron chi connectivity index (χ0n) is 11.4. The van der Waals surface area contributed by atoms with E-state index in [0.717, 1.165) is 12.1 Å². The van der Waals surface area contributed by atoms with Crippen LogP contribution in [-0.4, -0.2) is 36.5 Å². The van der Waals surface area contributed by atoms with Gasteiger partial charge in [-0.2, -0.15) is 5.10 Å². The highest BCUT2D eigenvalue weighted by Crippen LogP contribution is 2.03. The maximum absolute atomic E-state index is 11.2. The van der Waals surface area contributed by atoms with Gasteiger partial charge in [0.1, 0.15) is 0 Å². The van der Waals surface area contributed by atoms with Crippen molar-refractivity contribution in [1.29, 1.82) is 0 Å². The summed E-state index contributed by atoms with van der Waals surface area (Å²) in [5.41, 5.74) is 0.584. The first-order valence-electron chi connectivity index (χ1n) is 5.93. The second-order valence-electron chi connectivity index (χ2n) is 5.07. The first-order chi connectivity index (χ1) is 8.22. The molecule has 104 valence electrons. The molecule has 0 saturated carbocycles. The third-order valence-electron chi connectivity index (χ3n) is 2.37. The lowest BCUT2D eigenvalue weighted by Crippen LogP contribution is -2.49. The largest absolute Gasteiger partial charge is 0.311 e. The molecule has 0 atom stereocenters. The number of rotatable bonds is 7. The standard InChI is InChI=1S/C11H22N4O2S/c1-5-15-8-10(7-13-15)6-12-9-11(2,3)14-18(4,16)17/h7-8,12,14H,5-6,9H2,1-4H3. The lowest BCUT2D eigenvalue weighted by molar-refractivity contribution is 0.421. The molecule has 0 aliphatic heterocycles. The number of sulfonamides is 1. The molecule has 1 rings (SSSR count). The second-order valence-corrected chi connectivity index (χ2v) is 6.81. The van der Waals surface area contributed by atoms with Crippen molar-refractivity contribution < 1.29 is 8.42 Å². The minimum atomic E-state index is -3.18. The summed E-state index contributed by atoms with van der Waals surface area (Å²) in [6.07, 6.45) is 4.96. The number of hydrogen-bond donors (Lipinski definition) is 2. The van der Waals surface area contributed by atoms with E-state index in [1.165, 1.54) is 6.26 Å². The van der Waals surface area contributed by atoms with Crippen molar-refractivity contribution in [2.24, 2.45) is 0 Å². The van der Waals surface area contributed by atoms with Crippen molar-refractivity contribution in [3.8, 4) is 0 Å². The lowest BCUT2D eigenvalue weighted by Gasteiger charge is -2.25. The smallest absolute Gasteiger partial charge is 0.209 e. The number of aryl methyl sites for hydroxylation is 1. The molecule has 0 spiro atoms. The molecule has 1 aromatic heterocycles. The molecule has 0 aromatic carbocycles. The van der Waals surface area contributed by atoms with Crippen LogP contribution in [0.2, 0.25) is 0 Å². The molecule has 0 amide bonds. The van der Waals surface area contributed by atoms with Crippen LogP contribution in [0.3, 0.4) is 0 Å². The lowest BCUT2D eigenvalue weighted by atomic mass is 10.1. The number of nitrogens with one attached hydrogen (secondary N) is 2. The molecule has 0 radical (unpaired) electrons. The Kier molecular flexibility index (Phi) is 4.89. The van der Waals surface area contributed by atoms with E-state index in [0.29, 0.717) is 13.1 Å². The maximum atomic E-state index is 11.2. The minimum Gasteiger partial charge on any atom is -0.311 e. The molecule has 18 heavy (non-hydrogen) atoms. The van der Waals surface area contributed by atoms with E-state index in [9.17, 15) is 8.42 Å². The van der Waals surface area contributed by atoms with Gasteiger partial charge in [-0.25, -0.2) is 13.1 Å². The third kappa shape index (κ3) is 5.61. The Labute approximate surface area is 109 Å². The van der Waals surface area contributed by atoms with Gasteiger partial charge in [-0.05, 0) is 20.8 Å².